The molecule has 13 heavy (non-hydrogen) atoms. The van der Waals surface area contributed by atoms with Crippen LogP contribution < -0.4 is 0 Å². The average Bonchev–Trinajstić information content (AvgIpc) is 2.02. The third-order valence-corrected chi connectivity index (χ3v) is 2.28. The molecule has 0 saturated carbocycles. The summed E-state index contributed by atoms with van der Waals surface area (Å²) in [7, 11) is 0. The highest BCUT2D eigenvalue weighted by Gasteiger charge is 2.24. The summed E-state index contributed by atoms with van der Waals surface area (Å²) in [5.74, 6) is -3.73. The molecule has 5 heteroatoms. The first-order valence-electron chi connectivity index (χ1n) is 4.11. The number of rotatable bonds is 7. The first kappa shape index (κ1) is 12.4. The van der Waals surface area contributed by atoms with E-state index in [4.69, 9.17) is 10.2 Å². The van der Waals surface area contributed by atoms with Crippen LogP contribution in [-0.2, 0) is 9.59 Å². The zero-order chi connectivity index (χ0) is 10.3. The highest BCUT2D eigenvalue weighted by molar-refractivity contribution is 9.09. The molecule has 0 spiro atoms. The first-order valence-corrected chi connectivity index (χ1v) is 5.23. The molecule has 0 atom stereocenters. The van der Waals surface area contributed by atoms with E-state index in [1.54, 1.807) is 0 Å². The molecule has 0 aliphatic heterocycles. The fraction of sp³-hybridized carbons (Fsp3) is 0.750. The maximum Gasteiger partial charge on any atom is 0.317 e. The Balaban J connectivity index is 3.71. The van der Waals surface area contributed by atoms with Crippen LogP contribution in [0.2, 0.25) is 0 Å². The van der Waals surface area contributed by atoms with Gasteiger partial charge in [-0.05, 0) is 12.8 Å². The van der Waals surface area contributed by atoms with Gasteiger partial charge in [0.1, 0.15) is 0 Å². The summed E-state index contributed by atoms with van der Waals surface area (Å²) >= 11 is 3.24. The van der Waals surface area contributed by atoms with Crippen molar-refractivity contribution >= 4 is 27.9 Å². The van der Waals surface area contributed by atoms with Crippen molar-refractivity contribution in [3.63, 3.8) is 0 Å². The highest BCUT2D eigenvalue weighted by Crippen LogP contribution is 2.11. The van der Waals surface area contributed by atoms with Gasteiger partial charge in [-0.1, -0.05) is 28.8 Å². The second-order valence-electron chi connectivity index (χ2n) is 2.77. The number of alkyl halides is 1. The van der Waals surface area contributed by atoms with Crippen LogP contribution in [0.3, 0.4) is 0 Å². The van der Waals surface area contributed by atoms with E-state index in [0.29, 0.717) is 6.42 Å². The maximum absolute atomic E-state index is 10.4. The predicted molar refractivity (Wildman–Crippen MR) is 51.0 cm³/mol. The standard InChI is InChI=1S/C8H13BrO4/c9-5-3-1-2-4-6(7(10)11)8(12)13/h6H,1-5H2,(H,10,11)(H,12,13). The summed E-state index contributed by atoms with van der Waals surface area (Å²) < 4.78 is 0. The largest absolute Gasteiger partial charge is 0.481 e. The van der Waals surface area contributed by atoms with Crippen LogP contribution in [0.4, 0.5) is 0 Å². The van der Waals surface area contributed by atoms with Crippen molar-refractivity contribution in [2.24, 2.45) is 5.92 Å². The van der Waals surface area contributed by atoms with Crippen LogP contribution in [0.1, 0.15) is 25.7 Å². The van der Waals surface area contributed by atoms with Crippen molar-refractivity contribution in [1.82, 2.24) is 0 Å². The molecule has 0 heterocycles. The number of hydrogen-bond donors (Lipinski definition) is 2. The number of carbonyl (C=O) groups is 2. The van der Waals surface area contributed by atoms with Gasteiger partial charge in [-0.2, -0.15) is 0 Å². The molecular weight excluding hydrogens is 240 g/mol. The van der Waals surface area contributed by atoms with Gasteiger partial charge in [-0.15, -0.1) is 0 Å². The molecule has 0 unspecified atom stereocenters. The average molecular weight is 253 g/mol. The molecule has 0 bridgehead atoms. The minimum absolute atomic E-state index is 0.220. The Morgan fingerprint density at radius 3 is 2.00 bits per heavy atom. The smallest absolute Gasteiger partial charge is 0.317 e. The normalized spacial score (nSPS) is 10.3. The highest BCUT2D eigenvalue weighted by atomic mass is 79.9. The molecule has 0 radical (unpaired) electrons. The lowest BCUT2D eigenvalue weighted by molar-refractivity contribution is -0.154. The van der Waals surface area contributed by atoms with Gasteiger partial charge in [-0.3, -0.25) is 9.59 Å². The van der Waals surface area contributed by atoms with Crippen LogP contribution in [0.15, 0.2) is 0 Å². The minimum atomic E-state index is -1.24. The van der Waals surface area contributed by atoms with Crippen LogP contribution in [0, 0.1) is 5.92 Å². The van der Waals surface area contributed by atoms with Crippen molar-refractivity contribution < 1.29 is 19.8 Å². The summed E-state index contributed by atoms with van der Waals surface area (Å²) in [6.45, 7) is 0. The molecule has 0 aromatic heterocycles. The van der Waals surface area contributed by atoms with E-state index in [1.165, 1.54) is 0 Å². The van der Waals surface area contributed by atoms with Crippen molar-refractivity contribution in [2.75, 3.05) is 5.33 Å². The third-order valence-electron chi connectivity index (χ3n) is 1.72. The molecule has 0 aromatic rings. The zero-order valence-electron chi connectivity index (χ0n) is 7.20. The quantitative estimate of drug-likeness (QED) is 0.411. The van der Waals surface area contributed by atoms with Gasteiger partial charge < -0.3 is 10.2 Å². The molecule has 2 N–H and O–H groups in total. The molecule has 0 aliphatic carbocycles. The molecule has 0 fully saturated rings. The maximum atomic E-state index is 10.4. The van der Waals surface area contributed by atoms with Crippen molar-refractivity contribution in [1.29, 1.82) is 0 Å². The van der Waals surface area contributed by atoms with Gasteiger partial charge >= 0.3 is 11.9 Å². The Labute approximate surface area is 85.1 Å². The summed E-state index contributed by atoms with van der Waals surface area (Å²) in [6.07, 6.45) is 2.68. The number of carboxylic acid groups (broad SMARTS) is 2. The van der Waals surface area contributed by atoms with E-state index >= 15 is 0 Å². The van der Waals surface area contributed by atoms with Crippen molar-refractivity contribution in [3.05, 3.63) is 0 Å². The van der Waals surface area contributed by atoms with Gasteiger partial charge in [0, 0.05) is 5.33 Å². The van der Waals surface area contributed by atoms with Crippen LogP contribution in [-0.4, -0.2) is 27.5 Å². The van der Waals surface area contributed by atoms with Crippen LogP contribution >= 0.6 is 15.9 Å². The SMILES string of the molecule is O=C(O)C(CCCCCBr)C(=O)O. The van der Waals surface area contributed by atoms with Crippen LogP contribution in [0.5, 0.6) is 0 Å². The van der Waals surface area contributed by atoms with Gasteiger partial charge in [0.15, 0.2) is 5.92 Å². The van der Waals surface area contributed by atoms with E-state index in [2.05, 4.69) is 15.9 Å². The first-order chi connectivity index (χ1) is 6.09. The molecule has 0 aliphatic rings. The Morgan fingerprint density at radius 1 is 1.08 bits per heavy atom. The molecule has 0 amide bonds. The second-order valence-corrected chi connectivity index (χ2v) is 3.56. The lowest BCUT2D eigenvalue weighted by atomic mass is 10.0. The molecule has 0 aromatic carbocycles. The minimum Gasteiger partial charge on any atom is -0.481 e. The van der Waals surface area contributed by atoms with Gasteiger partial charge in [0.25, 0.3) is 0 Å². The van der Waals surface area contributed by atoms with Crippen molar-refractivity contribution in [2.45, 2.75) is 25.7 Å². The van der Waals surface area contributed by atoms with Gasteiger partial charge in [0.2, 0.25) is 0 Å². The number of halogens is 1. The third kappa shape index (κ3) is 5.63. The Hall–Kier alpha value is -0.580. The monoisotopic (exact) mass is 252 g/mol. The predicted octanol–water partition coefficient (Wildman–Crippen LogP) is 1.73. The topological polar surface area (TPSA) is 74.6 Å². The Bertz CT molecular complexity index is 167. The summed E-state index contributed by atoms with van der Waals surface area (Å²) in [4.78, 5) is 20.8. The Kier molecular flexibility index (Phi) is 6.58. The van der Waals surface area contributed by atoms with Gasteiger partial charge in [-0.25, -0.2) is 0 Å². The summed E-state index contributed by atoms with van der Waals surface area (Å²) in [5, 5.41) is 17.9. The van der Waals surface area contributed by atoms with E-state index in [0.717, 1.165) is 18.2 Å². The summed E-state index contributed by atoms with van der Waals surface area (Å²) in [5.41, 5.74) is 0. The summed E-state index contributed by atoms with van der Waals surface area (Å²) in [6, 6.07) is 0. The van der Waals surface area contributed by atoms with E-state index in [1.807, 2.05) is 0 Å². The molecular formula is C8H13BrO4. The number of aliphatic carboxylic acids is 2. The van der Waals surface area contributed by atoms with Crippen LogP contribution in [0.25, 0.3) is 0 Å². The molecule has 0 saturated heterocycles. The molecule has 0 rings (SSSR count). The number of carboxylic acids is 2. The lowest BCUT2D eigenvalue weighted by Crippen LogP contribution is -2.23. The van der Waals surface area contributed by atoms with E-state index < -0.39 is 17.9 Å². The molecule has 4 nitrogen and oxygen atoms in total. The fourth-order valence-corrected chi connectivity index (χ4v) is 1.37. The second kappa shape index (κ2) is 6.88. The van der Waals surface area contributed by atoms with Crippen molar-refractivity contribution in [3.8, 4) is 0 Å². The molecule has 76 valence electrons. The number of hydrogen-bond acceptors (Lipinski definition) is 2. The van der Waals surface area contributed by atoms with Gasteiger partial charge in [0.05, 0.1) is 0 Å². The number of unbranched alkanes of at least 4 members (excludes halogenated alkanes) is 2. The zero-order valence-corrected chi connectivity index (χ0v) is 8.79. The lowest BCUT2D eigenvalue weighted by Gasteiger charge is -2.05. The van der Waals surface area contributed by atoms with E-state index in [9.17, 15) is 9.59 Å². The fourth-order valence-electron chi connectivity index (χ4n) is 0.972. The Morgan fingerprint density at radius 2 is 1.62 bits per heavy atom. The van der Waals surface area contributed by atoms with E-state index in [-0.39, 0.29) is 6.42 Å².